The number of halogens is 1. The number of hydrogen-bond donors (Lipinski definition) is 1. The van der Waals surface area contributed by atoms with Gasteiger partial charge in [-0.15, -0.1) is 0 Å². The Morgan fingerprint density at radius 3 is 2.56 bits per heavy atom. The van der Waals surface area contributed by atoms with Crippen molar-refractivity contribution in [3.05, 3.63) is 97.1 Å². The Labute approximate surface area is 179 Å². The Kier molecular flexibility index (Phi) is 5.36. The molecule has 32 heavy (non-hydrogen) atoms. The van der Waals surface area contributed by atoms with Crippen molar-refractivity contribution in [1.29, 1.82) is 0 Å². The Hall–Kier alpha value is -3.84. The lowest BCUT2D eigenvalue weighted by atomic mass is 10.2. The van der Waals surface area contributed by atoms with Gasteiger partial charge in [-0.25, -0.2) is 13.2 Å². The van der Waals surface area contributed by atoms with E-state index in [2.05, 4.69) is 0 Å². The molecule has 0 amide bonds. The number of rotatable bonds is 4. The monoisotopic (exact) mass is 462 g/mol. The Bertz CT molecular complexity index is 1430. The summed E-state index contributed by atoms with van der Waals surface area (Å²) in [6, 6.07) is 11.1. The lowest BCUT2D eigenvalue weighted by Gasteiger charge is -2.27. The highest BCUT2D eigenvalue weighted by molar-refractivity contribution is 7.93. The van der Waals surface area contributed by atoms with Crippen molar-refractivity contribution in [1.82, 2.24) is 9.55 Å². The van der Waals surface area contributed by atoms with E-state index in [1.165, 1.54) is 18.2 Å². The van der Waals surface area contributed by atoms with Gasteiger partial charge >= 0.3 is 5.69 Å². The fourth-order valence-electron chi connectivity index (χ4n) is 3.37. The number of para-hydroxylation sites is 2. The number of sulfonamides is 1. The number of hydrogen-bond acceptors (Lipinski definition) is 7. The minimum atomic E-state index is -4.52. The molecule has 1 N–H and O–H groups in total. The number of benzene rings is 2. The van der Waals surface area contributed by atoms with Gasteiger partial charge in [-0.1, -0.05) is 30.3 Å². The van der Waals surface area contributed by atoms with Gasteiger partial charge in [0.1, 0.15) is 0 Å². The first-order valence-corrected chi connectivity index (χ1v) is 10.6. The second kappa shape index (κ2) is 8.01. The topological polar surface area (TPSA) is 145 Å². The van der Waals surface area contributed by atoms with Crippen LogP contribution in [0, 0.1) is 15.9 Å². The van der Waals surface area contributed by atoms with Crippen LogP contribution in [0.1, 0.15) is 11.8 Å². The molecule has 0 radical (unpaired) electrons. The van der Waals surface area contributed by atoms with Crippen molar-refractivity contribution in [3.8, 4) is 0 Å². The SMILES string of the molecule is O=c1[nH]c(=O)n(C2CN(S(=O)(=O)c3ccccc3[N+](=O)[O-])c3ccccc3CO2)cc1F. The first-order valence-electron chi connectivity index (χ1n) is 9.17. The molecule has 2 heterocycles. The van der Waals surface area contributed by atoms with Crippen LogP contribution in [0.3, 0.4) is 0 Å². The molecule has 2 aromatic carbocycles. The van der Waals surface area contributed by atoms with Crippen molar-refractivity contribution < 1.29 is 22.5 Å². The van der Waals surface area contributed by atoms with Crippen LogP contribution >= 0.6 is 0 Å². The zero-order valence-corrected chi connectivity index (χ0v) is 17.0. The molecule has 11 nitrogen and oxygen atoms in total. The lowest BCUT2D eigenvalue weighted by Crippen LogP contribution is -2.41. The number of nitrogens with one attached hydrogen (secondary N) is 1. The number of nitro benzene ring substituents is 1. The molecule has 1 atom stereocenters. The molecule has 0 bridgehead atoms. The third kappa shape index (κ3) is 3.67. The highest BCUT2D eigenvalue weighted by atomic mass is 32.2. The van der Waals surface area contributed by atoms with Crippen LogP contribution in [0.4, 0.5) is 15.8 Å². The maximum Gasteiger partial charge on any atom is 0.330 e. The molecular weight excluding hydrogens is 447 g/mol. The minimum Gasteiger partial charge on any atom is -0.351 e. The molecule has 1 aliphatic rings. The molecule has 13 heteroatoms. The molecule has 0 saturated carbocycles. The number of fused-ring (bicyclic) bond motifs is 1. The van der Waals surface area contributed by atoms with Gasteiger partial charge in [0.25, 0.3) is 21.3 Å². The smallest absolute Gasteiger partial charge is 0.330 e. The number of anilines is 1. The second-order valence-electron chi connectivity index (χ2n) is 6.80. The van der Waals surface area contributed by atoms with Crippen LogP contribution in [-0.2, 0) is 21.4 Å². The zero-order valence-electron chi connectivity index (χ0n) is 16.2. The third-order valence-corrected chi connectivity index (χ3v) is 6.71. The van der Waals surface area contributed by atoms with Crippen molar-refractivity contribution in [3.63, 3.8) is 0 Å². The van der Waals surface area contributed by atoms with Gasteiger partial charge in [0.05, 0.1) is 30.0 Å². The second-order valence-corrected chi connectivity index (χ2v) is 8.63. The average molecular weight is 462 g/mol. The lowest BCUT2D eigenvalue weighted by molar-refractivity contribution is -0.387. The van der Waals surface area contributed by atoms with Crippen LogP contribution in [-0.4, -0.2) is 29.4 Å². The highest BCUT2D eigenvalue weighted by Gasteiger charge is 2.36. The summed E-state index contributed by atoms with van der Waals surface area (Å²) in [6.07, 6.45) is -0.712. The Morgan fingerprint density at radius 2 is 1.81 bits per heavy atom. The molecular formula is C19H15FN4O7S. The van der Waals surface area contributed by atoms with Gasteiger partial charge < -0.3 is 4.74 Å². The number of nitrogens with zero attached hydrogens (tertiary/aromatic N) is 3. The predicted molar refractivity (Wildman–Crippen MR) is 109 cm³/mol. The summed E-state index contributed by atoms with van der Waals surface area (Å²) in [4.78, 5) is 35.5. The molecule has 0 saturated heterocycles. The fraction of sp³-hybridized carbons (Fsp3) is 0.158. The zero-order chi connectivity index (χ0) is 23.0. The molecule has 166 valence electrons. The highest BCUT2D eigenvalue weighted by Crippen LogP contribution is 2.35. The normalized spacial score (nSPS) is 16.3. The van der Waals surface area contributed by atoms with E-state index in [1.807, 2.05) is 0 Å². The van der Waals surface area contributed by atoms with Gasteiger partial charge in [-0.05, 0) is 12.1 Å². The van der Waals surface area contributed by atoms with Crippen molar-refractivity contribution in [2.45, 2.75) is 17.7 Å². The molecule has 1 aromatic heterocycles. The van der Waals surface area contributed by atoms with E-state index in [4.69, 9.17) is 4.74 Å². The van der Waals surface area contributed by atoms with Crippen LogP contribution in [0.2, 0.25) is 0 Å². The third-order valence-electron chi connectivity index (χ3n) is 4.88. The number of aromatic amines is 1. The summed E-state index contributed by atoms with van der Waals surface area (Å²) in [5.41, 5.74) is -2.25. The van der Waals surface area contributed by atoms with E-state index < -0.39 is 55.4 Å². The fourth-order valence-corrected chi connectivity index (χ4v) is 5.03. The van der Waals surface area contributed by atoms with Crippen molar-refractivity contribution >= 4 is 21.4 Å². The predicted octanol–water partition coefficient (Wildman–Crippen LogP) is 1.51. The minimum absolute atomic E-state index is 0.142. The van der Waals surface area contributed by atoms with Crippen LogP contribution in [0.25, 0.3) is 0 Å². The van der Waals surface area contributed by atoms with E-state index in [-0.39, 0.29) is 12.3 Å². The molecule has 0 fully saturated rings. The van der Waals surface area contributed by atoms with Crippen molar-refractivity contribution in [2.75, 3.05) is 10.8 Å². The van der Waals surface area contributed by atoms with E-state index in [0.717, 1.165) is 21.0 Å². The van der Waals surface area contributed by atoms with Gasteiger partial charge in [0, 0.05) is 11.6 Å². The Balaban J connectivity index is 1.89. The summed E-state index contributed by atoms with van der Waals surface area (Å²) in [7, 11) is -4.52. The maximum absolute atomic E-state index is 13.9. The first kappa shape index (κ1) is 21.4. The van der Waals surface area contributed by atoms with E-state index >= 15 is 0 Å². The van der Waals surface area contributed by atoms with Crippen molar-refractivity contribution in [2.24, 2.45) is 0 Å². The van der Waals surface area contributed by atoms with Crippen LogP contribution in [0.5, 0.6) is 0 Å². The van der Waals surface area contributed by atoms with Crippen LogP contribution in [0.15, 0.2) is 69.2 Å². The molecule has 1 unspecified atom stereocenters. The maximum atomic E-state index is 13.9. The molecule has 3 aromatic rings. The summed E-state index contributed by atoms with van der Waals surface area (Å²) in [6.45, 7) is -0.659. The standard InChI is InChI=1S/C19H15FN4O7S/c20-13-9-22(19(26)21-18(13)25)17-10-23(14-6-2-1-5-12(14)11-31-17)32(29,30)16-8-4-3-7-15(16)24(27)28/h1-9,17H,10-11H2,(H,21,25,26). The van der Waals surface area contributed by atoms with E-state index in [0.29, 0.717) is 11.8 Å². The molecule has 1 aliphatic heterocycles. The van der Waals surface area contributed by atoms with Gasteiger partial charge in [0.2, 0.25) is 5.82 Å². The van der Waals surface area contributed by atoms with E-state index in [9.17, 15) is 32.5 Å². The van der Waals surface area contributed by atoms with E-state index in [1.54, 1.807) is 23.2 Å². The number of ether oxygens (including phenoxy) is 1. The number of nitro groups is 1. The largest absolute Gasteiger partial charge is 0.351 e. The summed E-state index contributed by atoms with van der Waals surface area (Å²) in [5, 5.41) is 11.4. The molecule has 0 aliphatic carbocycles. The Morgan fingerprint density at radius 1 is 1.12 bits per heavy atom. The quantitative estimate of drug-likeness (QED) is 0.457. The number of H-pyrrole nitrogens is 1. The summed E-state index contributed by atoms with van der Waals surface area (Å²) >= 11 is 0. The average Bonchev–Trinajstić information content (AvgIpc) is 2.97. The van der Waals surface area contributed by atoms with Gasteiger partial charge in [-0.2, -0.15) is 4.39 Å². The first-order chi connectivity index (χ1) is 15.2. The van der Waals surface area contributed by atoms with Crippen LogP contribution < -0.4 is 15.6 Å². The van der Waals surface area contributed by atoms with Gasteiger partial charge in [0.15, 0.2) is 11.1 Å². The summed E-state index contributed by atoms with van der Waals surface area (Å²) < 4.78 is 48.2. The molecule has 4 rings (SSSR count). The number of aromatic nitrogens is 2. The summed E-state index contributed by atoms with van der Waals surface area (Å²) in [5.74, 6) is -1.26. The molecule has 0 spiro atoms. The van der Waals surface area contributed by atoms with Gasteiger partial charge in [-0.3, -0.25) is 28.8 Å².